The molecule has 0 spiro atoms. The van der Waals surface area contributed by atoms with Gasteiger partial charge in [-0.15, -0.1) is 0 Å². The van der Waals surface area contributed by atoms with E-state index in [0.717, 1.165) is 6.42 Å². The van der Waals surface area contributed by atoms with Crippen LogP contribution in [0.1, 0.15) is 13.3 Å². The highest BCUT2D eigenvalue weighted by molar-refractivity contribution is 5.49. The molecular weight excluding hydrogens is 230 g/mol. The number of aromatic nitrogens is 1. The van der Waals surface area contributed by atoms with E-state index in [9.17, 15) is 8.78 Å². The fourth-order valence-electron chi connectivity index (χ4n) is 1.12. The lowest BCUT2D eigenvalue weighted by molar-refractivity contribution is -0.0373. The Morgan fingerprint density at radius 2 is 2.29 bits per heavy atom. The zero-order valence-corrected chi connectivity index (χ0v) is 9.62. The highest BCUT2D eigenvalue weighted by Gasteiger charge is 2.27. The van der Waals surface area contributed by atoms with Gasteiger partial charge < -0.3 is 15.2 Å². The van der Waals surface area contributed by atoms with E-state index in [0.29, 0.717) is 12.4 Å². The van der Waals surface area contributed by atoms with E-state index in [-0.39, 0.29) is 5.82 Å². The predicted octanol–water partition coefficient (Wildman–Crippen LogP) is 1.91. The lowest BCUT2D eigenvalue weighted by atomic mass is 10.3. The maximum absolute atomic E-state index is 12.8. The zero-order valence-electron chi connectivity index (χ0n) is 9.62. The van der Waals surface area contributed by atoms with Gasteiger partial charge in [0.25, 0.3) is 5.92 Å². The number of hydrogen-bond donors (Lipinski definition) is 2. The second-order valence-corrected chi connectivity index (χ2v) is 3.57. The second-order valence-electron chi connectivity index (χ2n) is 3.57. The molecule has 0 radical (unpaired) electrons. The summed E-state index contributed by atoms with van der Waals surface area (Å²) in [6, 6.07) is 3.32. The van der Waals surface area contributed by atoms with Crippen LogP contribution in [0.3, 0.4) is 0 Å². The molecule has 0 aliphatic heterocycles. The number of ether oxygens (including phenoxy) is 1. The topological polar surface area (TPSA) is 54.4 Å². The van der Waals surface area contributed by atoms with Gasteiger partial charge in [-0.25, -0.2) is 13.8 Å². The number of rotatable bonds is 7. The average molecular weight is 246 g/mol. The van der Waals surface area contributed by atoms with Crippen molar-refractivity contribution in [2.45, 2.75) is 19.3 Å². The molecule has 6 heteroatoms. The minimum absolute atomic E-state index is 0.258. The minimum Gasteiger partial charge on any atom is -0.490 e. The molecule has 2 N–H and O–H groups in total. The summed E-state index contributed by atoms with van der Waals surface area (Å²) in [4.78, 5) is 3.92. The Morgan fingerprint density at radius 1 is 1.53 bits per heavy atom. The molecule has 0 bridgehead atoms. The summed E-state index contributed by atoms with van der Waals surface area (Å²) in [5.74, 6) is -2.48. The molecule has 17 heavy (non-hydrogen) atoms. The molecule has 0 unspecified atom stereocenters. The first-order valence-electron chi connectivity index (χ1n) is 5.39. The van der Waals surface area contributed by atoms with Crippen LogP contribution in [0.15, 0.2) is 18.3 Å². The monoisotopic (exact) mass is 246 g/mol. The molecule has 1 rings (SSSR count). The van der Waals surface area contributed by atoms with Crippen molar-refractivity contribution >= 4 is 5.82 Å². The average Bonchev–Trinajstić information content (AvgIpc) is 2.35. The first-order valence-corrected chi connectivity index (χ1v) is 5.39. The van der Waals surface area contributed by atoms with Gasteiger partial charge in [-0.05, 0) is 18.6 Å². The van der Waals surface area contributed by atoms with Crippen LogP contribution in [0.5, 0.6) is 5.75 Å². The lowest BCUT2D eigenvalue weighted by Gasteiger charge is -2.16. The number of nitrogens with zero attached hydrogens (tertiary/aromatic N) is 1. The molecule has 0 fully saturated rings. The van der Waals surface area contributed by atoms with Crippen LogP contribution in [-0.2, 0) is 0 Å². The van der Waals surface area contributed by atoms with Crippen LogP contribution in [0.4, 0.5) is 14.6 Å². The largest absolute Gasteiger partial charge is 0.490 e. The summed E-state index contributed by atoms with van der Waals surface area (Å²) in [6.45, 7) is 0.571. The summed E-state index contributed by atoms with van der Waals surface area (Å²) in [5, 5.41) is 10.9. The molecule has 0 saturated heterocycles. The number of halogens is 2. The number of pyridine rings is 1. The maximum Gasteiger partial charge on any atom is 0.287 e. The third-order valence-electron chi connectivity index (χ3n) is 1.98. The van der Waals surface area contributed by atoms with E-state index < -0.39 is 19.1 Å². The number of nitrogens with one attached hydrogen (secondary N) is 1. The van der Waals surface area contributed by atoms with Crippen molar-refractivity contribution in [2.24, 2.45) is 0 Å². The summed E-state index contributed by atoms with van der Waals surface area (Å²) < 4.78 is 31.0. The SMILES string of the molecule is CCCOc1cccnc1NCC(F)(F)CO. The van der Waals surface area contributed by atoms with Gasteiger partial charge in [0.05, 0.1) is 13.2 Å². The van der Waals surface area contributed by atoms with Gasteiger partial charge in [0.15, 0.2) is 11.6 Å². The van der Waals surface area contributed by atoms with Gasteiger partial charge in [-0.3, -0.25) is 0 Å². The maximum atomic E-state index is 12.8. The summed E-state index contributed by atoms with van der Waals surface area (Å²) in [7, 11) is 0. The van der Waals surface area contributed by atoms with Gasteiger partial charge in [-0.2, -0.15) is 0 Å². The molecule has 0 atom stereocenters. The standard InChI is InChI=1S/C11H16F2N2O2/c1-2-6-17-9-4-3-5-14-10(9)15-7-11(12,13)8-16/h3-5,16H,2,6-8H2,1H3,(H,14,15). The van der Waals surface area contributed by atoms with Crippen molar-refractivity contribution in [3.05, 3.63) is 18.3 Å². The minimum atomic E-state index is -3.17. The van der Waals surface area contributed by atoms with Gasteiger partial charge in [0.1, 0.15) is 6.61 Å². The quantitative estimate of drug-likeness (QED) is 0.771. The highest BCUT2D eigenvalue weighted by atomic mass is 19.3. The Bertz CT molecular complexity index is 348. The normalized spacial score (nSPS) is 11.3. The third-order valence-corrected chi connectivity index (χ3v) is 1.98. The van der Waals surface area contributed by atoms with E-state index in [1.54, 1.807) is 12.1 Å². The Kier molecular flexibility index (Phi) is 5.09. The Morgan fingerprint density at radius 3 is 2.94 bits per heavy atom. The first-order chi connectivity index (χ1) is 8.09. The predicted molar refractivity (Wildman–Crippen MR) is 60.5 cm³/mol. The lowest BCUT2D eigenvalue weighted by Crippen LogP contribution is -2.31. The Hall–Kier alpha value is -1.43. The van der Waals surface area contributed by atoms with Gasteiger partial charge >= 0.3 is 0 Å². The number of alkyl halides is 2. The molecule has 0 amide bonds. The fourth-order valence-corrected chi connectivity index (χ4v) is 1.12. The van der Waals surface area contributed by atoms with E-state index >= 15 is 0 Å². The van der Waals surface area contributed by atoms with E-state index in [1.165, 1.54) is 6.20 Å². The van der Waals surface area contributed by atoms with E-state index in [1.807, 2.05) is 6.92 Å². The molecule has 4 nitrogen and oxygen atoms in total. The number of anilines is 1. The fraction of sp³-hybridized carbons (Fsp3) is 0.545. The van der Waals surface area contributed by atoms with Crippen LogP contribution in [-0.4, -0.2) is 35.8 Å². The van der Waals surface area contributed by atoms with Crippen molar-refractivity contribution in [1.29, 1.82) is 0 Å². The molecule has 1 heterocycles. The van der Waals surface area contributed by atoms with Gasteiger partial charge in [0, 0.05) is 6.20 Å². The third kappa shape index (κ3) is 4.52. The Labute approximate surface area is 98.6 Å². The molecule has 1 aromatic rings. The second kappa shape index (κ2) is 6.34. The highest BCUT2D eigenvalue weighted by Crippen LogP contribution is 2.22. The molecule has 1 aromatic heterocycles. The molecule has 96 valence electrons. The van der Waals surface area contributed by atoms with Crippen LogP contribution in [0.25, 0.3) is 0 Å². The molecular formula is C11H16F2N2O2. The summed E-state index contributed by atoms with van der Waals surface area (Å²) >= 11 is 0. The summed E-state index contributed by atoms with van der Waals surface area (Å²) in [5.41, 5.74) is 0. The zero-order chi connectivity index (χ0) is 12.7. The summed E-state index contributed by atoms with van der Waals surface area (Å²) in [6.07, 6.45) is 2.30. The molecule has 0 aromatic carbocycles. The smallest absolute Gasteiger partial charge is 0.287 e. The number of aliphatic hydroxyl groups is 1. The van der Waals surface area contributed by atoms with E-state index in [4.69, 9.17) is 9.84 Å². The first kappa shape index (κ1) is 13.6. The molecule has 0 aliphatic carbocycles. The van der Waals surface area contributed by atoms with Crippen LogP contribution in [0, 0.1) is 0 Å². The molecule has 0 aliphatic rings. The van der Waals surface area contributed by atoms with Crippen molar-refractivity contribution in [2.75, 3.05) is 25.1 Å². The van der Waals surface area contributed by atoms with Crippen molar-refractivity contribution < 1.29 is 18.6 Å². The van der Waals surface area contributed by atoms with Gasteiger partial charge in [-0.1, -0.05) is 6.92 Å². The number of aliphatic hydroxyl groups excluding tert-OH is 1. The van der Waals surface area contributed by atoms with Crippen molar-refractivity contribution in [3.63, 3.8) is 0 Å². The molecule has 0 saturated carbocycles. The van der Waals surface area contributed by atoms with Crippen LogP contribution >= 0.6 is 0 Å². The van der Waals surface area contributed by atoms with Gasteiger partial charge in [0.2, 0.25) is 0 Å². The Balaban J connectivity index is 2.63. The van der Waals surface area contributed by atoms with Crippen molar-refractivity contribution in [3.8, 4) is 5.75 Å². The van der Waals surface area contributed by atoms with Crippen molar-refractivity contribution in [1.82, 2.24) is 4.98 Å². The van der Waals surface area contributed by atoms with E-state index in [2.05, 4.69) is 10.3 Å². The van der Waals surface area contributed by atoms with Crippen LogP contribution in [0.2, 0.25) is 0 Å². The number of hydrogen-bond acceptors (Lipinski definition) is 4. The van der Waals surface area contributed by atoms with Crippen LogP contribution < -0.4 is 10.1 Å².